The summed E-state index contributed by atoms with van der Waals surface area (Å²) in [4.78, 5) is 13.9. The van der Waals surface area contributed by atoms with Gasteiger partial charge in [0.2, 0.25) is 0 Å². The van der Waals surface area contributed by atoms with Crippen molar-refractivity contribution in [2.45, 2.75) is 19.1 Å². The number of nitrogens with zero attached hydrogens (tertiary/aromatic N) is 3. The van der Waals surface area contributed by atoms with E-state index >= 15 is 0 Å². The highest BCUT2D eigenvalue weighted by molar-refractivity contribution is 5.82. The molecule has 0 amide bonds. The van der Waals surface area contributed by atoms with Crippen molar-refractivity contribution in [2.24, 2.45) is 5.11 Å². The Morgan fingerprint density at radius 1 is 1.42 bits per heavy atom. The van der Waals surface area contributed by atoms with Gasteiger partial charge in [-0.1, -0.05) is 11.2 Å². The number of ketones is 1. The third-order valence-corrected chi connectivity index (χ3v) is 2.80. The molecule has 0 spiro atoms. The van der Waals surface area contributed by atoms with Gasteiger partial charge in [-0.25, -0.2) is 0 Å². The zero-order valence-electron chi connectivity index (χ0n) is 10.3. The largest absolute Gasteiger partial charge is 0.486 e. The number of benzene rings is 1. The number of fused-ring (bicyclic) bond motifs is 1. The second-order valence-corrected chi connectivity index (χ2v) is 4.11. The van der Waals surface area contributed by atoms with Crippen LogP contribution in [-0.2, 0) is 4.79 Å². The Bertz CT molecular complexity index is 538. The number of hydrogen-bond donors (Lipinski definition) is 1. The van der Waals surface area contributed by atoms with Crippen molar-refractivity contribution in [1.82, 2.24) is 0 Å². The number of carbonyl (C=O) groups excluding carboxylic acids is 1. The van der Waals surface area contributed by atoms with Gasteiger partial charge in [0, 0.05) is 4.91 Å². The van der Waals surface area contributed by atoms with Crippen LogP contribution < -0.4 is 9.47 Å². The number of hydrogen-bond acceptors (Lipinski definition) is 5. The molecule has 1 aliphatic heterocycles. The number of aliphatic hydroxyl groups excluding tert-OH is 1. The van der Waals surface area contributed by atoms with E-state index in [9.17, 15) is 9.90 Å². The smallest absolute Gasteiger partial charge is 0.161 e. The lowest BCUT2D eigenvalue weighted by Gasteiger charge is -2.21. The summed E-state index contributed by atoms with van der Waals surface area (Å²) in [6, 6.07) is 3.70. The van der Waals surface area contributed by atoms with Gasteiger partial charge in [0.05, 0.1) is 6.10 Å². The van der Waals surface area contributed by atoms with Crippen LogP contribution in [0.25, 0.3) is 10.4 Å². The molecule has 2 rings (SSSR count). The van der Waals surface area contributed by atoms with Crippen molar-refractivity contribution in [3.63, 3.8) is 0 Å². The van der Waals surface area contributed by atoms with Gasteiger partial charge < -0.3 is 14.6 Å². The molecule has 7 heteroatoms. The average molecular weight is 263 g/mol. The number of rotatable bonds is 4. The van der Waals surface area contributed by atoms with Gasteiger partial charge in [-0.2, -0.15) is 0 Å². The molecule has 1 N–H and O–H groups in total. The number of carbonyl (C=O) groups is 1. The topological polar surface area (TPSA) is 105 Å². The molecule has 100 valence electrons. The average Bonchev–Trinajstić information content (AvgIpc) is 2.43. The summed E-state index contributed by atoms with van der Waals surface area (Å²) in [6.07, 6.45) is -1.20. The fourth-order valence-corrected chi connectivity index (χ4v) is 1.85. The van der Waals surface area contributed by atoms with Crippen molar-refractivity contribution in [3.05, 3.63) is 34.2 Å². The maximum Gasteiger partial charge on any atom is 0.161 e. The maximum absolute atomic E-state index is 11.4. The van der Waals surface area contributed by atoms with Gasteiger partial charge in [-0.3, -0.25) is 4.79 Å². The van der Waals surface area contributed by atoms with Crippen LogP contribution in [0.3, 0.4) is 0 Å². The van der Waals surface area contributed by atoms with Gasteiger partial charge in [0.1, 0.15) is 25.0 Å². The van der Waals surface area contributed by atoms with E-state index in [1.807, 2.05) is 0 Å². The standard InChI is InChI=1S/C12H13N3O4/c1-7(16)11(14-15-13)12(17)8-2-3-9-10(6-8)19-5-4-18-9/h2-3,6,11-12,17H,4-5H2,1H3/t11-,12-/m1/s1. The van der Waals surface area contributed by atoms with Crippen LogP contribution >= 0.6 is 0 Å². The van der Waals surface area contributed by atoms with Gasteiger partial charge >= 0.3 is 0 Å². The Balaban J connectivity index is 2.30. The first-order valence-electron chi connectivity index (χ1n) is 5.75. The van der Waals surface area contributed by atoms with Crippen LogP contribution in [0.15, 0.2) is 23.3 Å². The van der Waals surface area contributed by atoms with Gasteiger partial charge in [-0.15, -0.1) is 0 Å². The SMILES string of the molecule is CC(=O)[C@@H](N=[N+]=[N-])[C@H](O)c1ccc2c(c1)OCCO2. The highest BCUT2D eigenvalue weighted by Crippen LogP contribution is 2.33. The van der Waals surface area contributed by atoms with Crippen molar-refractivity contribution >= 4 is 5.78 Å². The van der Waals surface area contributed by atoms with E-state index in [0.717, 1.165) is 0 Å². The second-order valence-electron chi connectivity index (χ2n) is 4.11. The molecule has 2 atom stereocenters. The van der Waals surface area contributed by atoms with Crippen molar-refractivity contribution < 1.29 is 19.4 Å². The first kappa shape index (κ1) is 13.2. The molecule has 1 aromatic rings. The van der Waals surface area contributed by atoms with Crippen molar-refractivity contribution in [1.29, 1.82) is 0 Å². The van der Waals surface area contributed by atoms with E-state index in [-0.39, 0.29) is 0 Å². The molecule has 0 aromatic heterocycles. The Kier molecular flexibility index (Phi) is 3.89. The van der Waals surface area contributed by atoms with Gasteiger partial charge in [0.15, 0.2) is 11.5 Å². The zero-order chi connectivity index (χ0) is 13.8. The maximum atomic E-state index is 11.4. The number of ether oxygens (including phenoxy) is 2. The Hall–Kier alpha value is -2.24. The minimum absolute atomic E-state index is 0.403. The summed E-state index contributed by atoms with van der Waals surface area (Å²) in [7, 11) is 0. The summed E-state index contributed by atoms with van der Waals surface area (Å²) in [5.41, 5.74) is 8.87. The van der Waals surface area contributed by atoms with Crippen LogP contribution in [0.2, 0.25) is 0 Å². The van der Waals surface area contributed by atoms with Crippen LogP contribution in [0, 0.1) is 0 Å². The zero-order valence-corrected chi connectivity index (χ0v) is 10.3. The molecular weight excluding hydrogens is 250 g/mol. The molecule has 1 aromatic carbocycles. The quantitative estimate of drug-likeness (QED) is 0.507. The summed E-state index contributed by atoms with van der Waals surface area (Å²) < 4.78 is 10.7. The van der Waals surface area contributed by atoms with Gasteiger partial charge in [0.25, 0.3) is 0 Å². The third-order valence-electron chi connectivity index (χ3n) is 2.80. The monoisotopic (exact) mass is 263 g/mol. The minimum Gasteiger partial charge on any atom is -0.486 e. The third kappa shape index (κ3) is 2.78. The highest BCUT2D eigenvalue weighted by Gasteiger charge is 2.25. The summed E-state index contributed by atoms with van der Waals surface area (Å²) in [5.74, 6) is 0.691. The molecular formula is C12H13N3O4. The van der Waals surface area contributed by atoms with Crippen LogP contribution in [0.5, 0.6) is 11.5 Å². The number of Topliss-reactive ketones (excluding diaryl/α,β-unsaturated/α-hetero) is 1. The molecule has 19 heavy (non-hydrogen) atoms. The molecule has 1 aliphatic rings. The molecule has 0 radical (unpaired) electrons. The van der Waals surface area contributed by atoms with Crippen molar-refractivity contribution in [3.8, 4) is 11.5 Å². The first-order valence-corrected chi connectivity index (χ1v) is 5.75. The molecule has 7 nitrogen and oxygen atoms in total. The lowest BCUT2D eigenvalue weighted by atomic mass is 10.00. The van der Waals surface area contributed by atoms with E-state index < -0.39 is 17.9 Å². The van der Waals surface area contributed by atoms with Crippen LogP contribution in [0.4, 0.5) is 0 Å². The van der Waals surface area contributed by atoms with Gasteiger partial charge in [-0.05, 0) is 30.2 Å². The molecule has 0 saturated heterocycles. The molecule has 1 heterocycles. The fraction of sp³-hybridized carbons (Fsp3) is 0.417. The summed E-state index contributed by atoms with van der Waals surface area (Å²) >= 11 is 0. The van der Waals surface area contributed by atoms with Crippen LogP contribution in [-0.4, -0.2) is 30.1 Å². The Labute approximate surface area is 109 Å². The Morgan fingerprint density at radius 3 is 2.74 bits per heavy atom. The highest BCUT2D eigenvalue weighted by atomic mass is 16.6. The van der Waals surface area contributed by atoms with E-state index in [1.165, 1.54) is 6.92 Å². The normalized spacial score (nSPS) is 16.1. The molecule has 0 unspecified atom stereocenters. The molecule has 0 fully saturated rings. The second kappa shape index (κ2) is 5.60. The van der Waals surface area contributed by atoms with Crippen molar-refractivity contribution in [2.75, 3.05) is 13.2 Å². The summed E-state index contributed by atoms with van der Waals surface area (Å²) in [5, 5.41) is 13.4. The van der Waals surface area contributed by atoms with E-state index in [4.69, 9.17) is 15.0 Å². The summed E-state index contributed by atoms with van der Waals surface area (Å²) in [6.45, 7) is 2.17. The lowest BCUT2D eigenvalue weighted by Crippen LogP contribution is -2.24. The van der Waals surface area contributed by atoms with E-state index in [1.54, 1.807) is 18.2 Å². The number of azide groups is 1. The van der Waals surface area contributed by atoms with Crippen LogP contribution in [0.1, 0.15) is 18.6 Å². The Morgan fingerprint density at radius 2 is 2.11 bits per heavy atom. The minimum atomic E-state index is -1.20. The molecule has 0 bridgehead atoms. The lowest BCUT2D eigenvalue weighted by molar-refractivity contribution is -0.120. The predicted molar refractivity (Wildman–Crippen MR) is 66.0 cm³/mol. The molecule has 0 saturated carbocycles. The van der Waals surface area contributed by atoms with E-state index in [2.05, 4.69) is 10.0 Å². The predicted octanol–water partition coefficient (Wildman–Crippen LogP) is 1.76. The molecule has 0 aliphatic carbocycles. The van der Waals surface area contributed by atoms with E-state index in [0.29, 0.717) is 30.3 Å². The fourth-order valence-electron chi connectivity index (χ4n) is 1.85. The first-order chi connectivity index (χ1) is 9.13. The number of aliphatic hydroxyl groups is 1.